The van der Waals surface area contributed by atoms with Gasteiger partial charge < -0.3 is 10.2 Å². The van der Waals surface area contributed by atoms with E-state index in [0.29, 0.717) is 12.3 Å². The number of hydrogen-bond acceptors (Lipinski definition) is 2. The fourth-order valence-corrected chi connectivity index (χ4v) is 2.41. The summed E-state index contributed by atoms with van der Waals surface area (Å²) < 4.78 is 0. The number of aliphatic hydroxyl groups is 2. The zero-order chi connectivity index (χ0) is 13.0. The van der Waals surface area contributed by atoms with E-state index in [1.54, 1.807) is 0 Å². The number of rotatable bonds is 1. The maximum Gasteiger partial charge on any atom is 0.0755 e. The van der Waals surface area contributed by atoms with Crippen molar-refractivity contribution in [2.75, 3.05) is 0 Å². The fourth-order valence-electron chi connectivity index (χ4n) is 2.41. The van der Waals surface area contributed by atoms with Gasteiger partial charge in [0.25, 0.3) is 0 Å². The van der Waals surface area contributed by atoms with Gasteiger partial charge in [0.2, 0.25) is 0 Å². The van der Waals surface area contributed by atoms with Gasteiger partial charge in [-0.3, -0.25) is 0 Å². The average molecular weight is 238 g/mol. The zero-order valence-electron chi connectivity index (χ0n) is 11.5. The molecule has 0 aromatic heterocycles. The third kappa shape index (κ3) is 4.29. The molecule has 0 saturated heterocycles. The molecule has 0 unspecified atom stereocenters. The van der Waals surface area contributed by atoms with Crippen molar-refractivity contribution in [3.05, 3.63) is 23.3 Å². The third-order valence-electron chi connectivity index (χ3n) is 3.78. The van der Waals surface area contributed by atoms with Gasteiger partial charge in [-0.05, 0) is 50.5 Å². The van der Waals surface area contributed by atoms with Crippen LogP contribution < -0.4 is 0 Å². The Kier molecular flexibility index (Phi) is 5.41. The molecule has 0 spiro atoms. The maximum atomic E-state index is 10.2. The number of allylic oxidation sites excluding steroid dienone is 2. The SMILES string of the molecule is C/C1=C\[C@H](O)[C@H](C(C)C)C[C@H](O)/C(C)=C/CC1. The van der Waals surface area contributed by atoms with Crippen molar-refractivity contribution in [2.45, 2.75) is 59.2 Å². The Morgan fingerprint density at radius 3 is 2.47 bits per heavy atom. The lowest BCUT2D eigenvalue weighted by Crippen LogP contribution is -2.29. The van der Waals surface area contributed by atoms with Gasteiger partial charge in [0, 0.05) is 0 Å². The maximum absolute atomic E-state index is 10.2. The molecule has 0 fully saturated rings. The van der Waals surface area contributed by atoms with E-state index in [4.69, 9.17) is 0 Å². The molecular weight excluding hydrogens is 212 g/mol. The molecule has 1 aliphatic carbocycles. The van der Waals surface area contributed by atoms with Gasteiger partial charge in [-0.25, -0.2) is 0 Å². The van der Waals surface area contributed by atoms with E-state index >= 15 is 0 Å². The van der Waals surface area contributed by atoms with E-state index < -0.39 is 12.2 Å². The smallest absolute Gasteiger partial charge is 0.0755 e. The Bertz CT molecular complexity index is 302. The van der Waals surface area contributed by atoms with E-state index in [9.17, 15) is 10.2 Å². The lowest BCUT2D eigenvalue weighted by atomic mass is 9.82. The largest absolute Gasteiger partial charge is 0.389 e. The normalized spacial score (nSPS) is 38.2. The van der Waals surface area contributed by atoms with Crippen LogP contribution in [-0.4, -0.2) is 22.4 Å². The zero-order valence-corrected chi connectivity index (χ0v) is 11.5. The first-order valence-corrected chi connectivity index (χ1v) is 6.62. The second-order valence-electron chi connectivity index (χ2n) is 5.65. The molecule has 0 bridgehead atoms. The molecule has 2 N–H and O–H groups in total. The topological polar surface area (TPSA) is 40.5 Å². The van der Waals surface area contributed by atoms with Crippen LogP contribution in [0.4, 0.5) is 0 Å². The highest BCUT2D eigenvalue weighted by Gasteiger charge is 2.25. The molecular formula is C15H26O2. The summed E-state index contributed by atoms with van der Waals surface area (Å²) in [7, 11) is 0. The second kappa shape index (κ2) is 6.36. The van der Waals surface area contributed by atoms with Crippen molar-refractivity contribution in [2.24, 2.45) is 11.8 Å². The van der Waals surface area contributed by atoms with Crippen LogP contribution in [0.2, 0.25) is 0 Å². The van der Waals surface area contributed by atoms with Crippen molar-refractivity contribution >= 4 is 0 Å². The Labute approximate surface area is 105 Å². The first-order chi connectivity index (χ1) is 7.91. The summed E-state index contributed by atoms with van der Waals surface area (Å²) in [5.74, 6) is 0.498. The number of aliphatic hydroxyl groups excluding tert-OH is 2. The molecule has 0 aromatic rings. The summed E-state index contributed by atoms with van der Waals surface area (Å²) in [6, 6.07) is 0. The summed E-state index contributed by atoms with van der Waals surface area (Å²) in [5, 5.41) is 20.3. The summed E-state index contributed by atoms with van der Waals surface area (Å²) in [6.07, 6.45) is 5.80. The molecule has 0 saturated carbocycles. The van der Waals surface area contributed by atoms with E-state index in [1.165, 1.54) is 5.57 Å². The minimum Gasteiger partial charge on any atom is -0.389 e. The fraction of sp³-hybridized carbons (Fsp3) is 0.733. The van der Waals surface area contributed by atoms with Gasteiger partial charge in [-0.15, -0.1) is 0 Å². The van der Waals surface area contributed by atoms with Crippen molar-refractivity contribution < 1.29 is 10.2 Å². The molecule has 0 aromatic carbocycles. The van der Waals surface area contributed by atoms with Crippen LogP contribution in [0.5, 0.6) is 0 Å². The Morgan fingerprint density at radius 1 is 1.24 bits per heavy atom. The first-order valence-electron chi connectivity index (χ1n) is 6.62. The van der Waals surface area contributed by atoms with Gasteiger partial charge in [-0.2, -0.15) is 0 Å². The first kappa shape index (κ1) is 14.5. The van der Waals surface area contributed by atoms with E-state index in [1.807, 2.05) is 13.0 Å². The van der Waals surface area contributed by atoms with Crippen LogP contribution in [0.15, 0.2) is 23.3 Å². The molecule has 1 rings (SSSR count). The van der Waals surface area contributed by atoms with Crippen LogP contribution >= 0.6 is 0 Å². The molecule has 3 atom stereocenters. The quantitative estimate of drug-likeness (QED) is 0.689. The Morgan fingerprint density at radius 2 is 1.88 bits per heavy atom. The van der Waals surface area contributed by atoms with Crippen LogP contribution in [0.1, 0.15) is 47.0 Å². The lowest BCUT2D eigenvalue weighted by molar-refractivity contribution is 0.0758. The van der Waals surface area contributed by atoms with Crippen LogP contribution in [0.25, 0.3) is 0 Å². The summed E-state index contributed by atoms with van der Waals surface area (Å²) in [6.45, 7) is 8.26. The lowest BCUT2D eigenvalue weighted by Gasteiger charge is -2.28. The summed E-state index contributed by atoms with van der Waals surface area (Å²) >= 11 is 0. The summed E-state index contributed by atoms with van der Waals surface area (Å²) in [5.41, 5.74) is 2.28. The molecule has 2 heteroatoms. The Hall–Kier alpha value is -0.600. The minimum absolute atomic E-state index is 0.126. The molecule has 98 valence electrons. The highest BCUT2D eigenvalue weighted by Crippen LogP contribution is 2.27. The highest BCUT2D eigenvalue weighted by molar-refractivity contribution is 5.11. The van der Waals surface area contributed by atoms with Crippen molar-refractivity contribution in [3.63, 3.8) is 0 Å². The molecule has 0 amide bonds. The summed E-state index contributed by atoms with van der Waals surface area (Å²) in [4.78, 5) is 0. The highest BCUT2D eigenvalue weighted by atomic mass is 16.3. The Balaban J connectivity index is 2.92. The average Bonchev–Trinajstić information content (AvgIpc) is 2.23. The third-order valence-corrected chi connectivity index (χ3v) is 3.78. The predicted octanol–water partition coefficient (Wildman–Crippen LogP) is 3.06. The van der Waals surface area contributed by atoms with E-state index in [2.05, 4.69) is 26.8 Å². The molecule has 0 radical (unpaired) electrons. The van der Waals surface area contributed by atoms with Crippen LogP contribution in [0, 0.1) is 11.8 Å². The van der Waals surface area contributed by atoms with Gasteiger partial charge in [0.1, 0.15) is 0 Å². The van der Waals surface area contributed by atoms with Crippen molar-refractivity contribution in [1.29, 1.82) is 0 Å². The number of hydrogen-bond donors (Lipinski definition) is 2. The second-order valence-corrected chi connectivity index (χ2v) is 5.65. The monoisotopic (exact) mass is 238 g/mol. The molecule has 1 aliphatic rings. The van der Waals surface area contributed by atoms with Gasteiger partial charge >= 0.3 is 0 Å². The van der Waals surface area contributed by atoms with Gasteiger partial charge in [0.15, 0.2) is 0 Å². The van der Waals surface area contributed by atoms with Crippen LogP contribution in [-0.2, 0) is 0 Å². The van der Waals surface area contributed by atoms with Crippen LogP contribution in [0.3, 0.4) is 0 Å². The molecule has 17 heavy (non-hydrogen) atoms. The van der Waals surface area contributed by atoms with Gasteiger partial charge in [-0.1, -0.05) is 31.6 Å². The predicted molar refractivity (Wildman–Crippen MR) is 71.7 cm³/mol. The van der Waals surface area contributed by atoms with Crippen molar-refractivity contribution in [1.82, 2.24) is 0 Å². The minimum atomic E-state index is -0.435. The van der Waals surface area contributed by atoms with Crippen molar-refractivity contribution in [3.8, 4) is 0 Å². The van der Waals surface area contributed by atoms with E-state index in [-0.39, 0.29) is 5.92 Å². The molecule has 0 heterocycles. The van der Waals surface area contributed by atoms with Gasteiger partial charge in [0.05, 0.1) is 12.2 Å². The molecule has 0 aliphatic heterocycles. The molecule has 2 nitrogen and oxygen atoms in total. The van der Waals surface area contributed by atoms with E-state index in [0.717, 1.165) is 18.4 Å². The standard InChI is InChI=1S/C15H26O2/c1-10(2)13-9-14(16)12(4)7-5-6-11(3)8-15(13)17/h7-8,10,13-17H,5-6,9H2,1-4H3/b11-8+,12-7+/t13-,14-,15-/m0/s1.